The van der Waals surface area contributed by atoms with Crippen LogP contribution in [0, 0.1) is 0 Å². The van der Waals surface area contributed by atoms with E-state index in [1.165, 1.54) is 12.8 Å². The first-order valence-electron chi connectivity index (χ1n) is 7.57. The summed E-state index contributed by atoms with van der Waals surface area (Å²) in [4.78, 5) is 16.0. The SMILES string of the molecule is CCCCCNC(=NCC(=O)NCc1ccco1)NCC.I. The van der Waals surface area contributed by atoms with E-state index >= 15 is 0 Å². The molecule has 3 N–H and O–H groups in total. The Kier molecular flexibility index (Phi) is 12.7. The molecule has 22 heavy (non-hydrogen) atoms. The monoisotopic (exact) mass is 422 g/mol. The molecule has 1 rings (SSSR count). The van der Waals surface area contributed by atoms with E-state index in [1.54, 1.807) is 12.3 Å². The summed E-state index contributed by atoms with van der Waals surface area (Å²) in [6, 6.07) is 3.62. The molecule has 6 nitrogen and oxygen atoms in total. The Morgan fingerprint density at radius 1 is 1.23 bits per heavy atom. The zero-order valence-corrected chi connectivity index (χ0v) is 15.7. The molecule has 0 aliphatic rings. The van der Waals surface area contributed by atoms with Crippen molar-refractivity contribution in [3.05, 3.63) is 24.2 Å². The molecule has 0 atom stereocenters. The van der Waals surface area contributed by atoms with Gasteiger partial charge in [0.25, 0.3) is 0 Å². The van der Waals surface area contributed by atoms with Crippen molar-refractivity contribution in [3.8, 4) is 0 Å². The van der Waals surface area contributed by atoms with Crippen LogP contribution in [0.1, 0.15) is 38.9 Å². The van der Waals surface area contributed by atoms with Gasteiger partial charge in [-0.1, -0.05) is 19.8 Å². The van der Waals surface area contributed by atoms with E-state index < -0.39 is 0 Å². The summed E-state index contributed by atoms with van der Waals surface area (Å²) in [7, 11) is 0. The summed E-state index contributed by atoms with van der Waals surface area (Å²) >= 11 is 0. The number of carbonyl (C=O) groups excluding carboxylic acids is 1. The largest absolute Gasteiger partial charge is 0.467 e. The number of hydrogen-bond acceptors (Lipinski definition) is 3. The normalized spacial score (nSPS) is 10.7. The maximum absolute atomic E-state index is 11.7. The molecular weight excluding hydrogens is 395 g/mol. The number of nitrogens with zero attached hydrogens (tertiary/aromatic N) is 1. The Balaban J connectivity index is 0.00000441. The van der Waals surface area contributed by atoms with Crippen molar-refractivity contribution in [2.45, 2.75) is 39.7 Å². The molecule has 0 radical (unpaired) electrons. The first-order chi connectivity index (χ1) is 10.3. The van der Waals surface area contributed by atoms with E-state index in [0.717, 1.165) is 25.3 Å². The Labute approximate surface area is 149 Å². The van der Waals surface area contributed by atoms with Crippen LogP contribution in [0.25, 0.3) is 0 Å². The third-order valence-corrected chi connectivity index (χ3v) is 2.84. The van der Waals surface area contributed by atoms with E-state index in [1.807, 2.05) is 13.0 Å². The maximum Gasteiger partial charge on any atom is 0.242 e. The van der Waals surface area contributed by atoms with Crippen LogP contribution in [0.5, 0.6) is 0 Å². The predicted octanol–water partition coefficient (Wildman–Crippen LogP) is 2.26. The molecule has 7 heteroatoms. The quantitative estimate of drug-likeness (QED) is 0.247. The Hall–Kier alpha value is -1.25. The highest BCUT2D eigenvalue weighted by Gasteiger charge is 2.03. The smallest absolute Gasteiger partial charge is 0.242 e. The molecule has 1 aromatic rings. The highest BCUT2D eigenvalue weighted by molar-refractivity contribution is 14.0. The molecular formula is C15H27IN4O2. The molecule has 1 amide bonds. The van der Waals surface area contributed by atoms with E-state index in [0.29, 0.717) is 12.5 Å². The third-order valence-electron chi connectivity index (χ3n) is 2.84. The van der Waals surface area contributed by atoms with Gasteiger partial charge in [0, 0.05) is 13.1 Å². The number of furan rings is 1. The zero-order valence-electron chi connectivity index (χ0n) is 13.4. The topological polar surface area (TPSA) is 78.7 Å². The number of amides is 1. The Morgan fingerprint density at radius 2 is 2.05 bits per heavy atom. The fourth-order valence-corrected chi connectivity index (χ4v) is 1.73. The highest BCUT2D eigenvalue weighted by Crippen LogP contribution is 1.98. The van der Waals surface area contributed by atoms with E-state index in [9.17, 15) is 4.79 Å². The van der Waals surface area contributed by atoms with E-state index in [4.69, 9.17) is 4.42 Å². The van der Waals surface area contributed by atoms with Crippen molar-refractivity contribution in [3.63, 3.8) is 0 Å². The average molecular weight is 422 g/mol. The lowest BCUT2D eigenvalue weighted by molar-refractivity contribution is -0.119. The van der Waals surface area contributed by atoms with Gasteiger partial charge in [0.05, 0.1) is 12.8 Å². The Bertz CT molecular complexity index is 421. The maximum atomic E-state index is 11.7. The van der Waals surface area contributed by atoms with Crippen LogP contribution in [0.3, 0.4) is 0 Å². The molecule has 1 aromatic heterocycles. The van der Waals surface area contributed by atoms with Crippen LogP contribution in [0.4, 0.5) is 0 Å². The number of unbranched alkanes of at least 4 members (excludes halogenated alkanes) is 2. The minimum absolute atomic E-state index is 0. The molecule has 0 unspecified atom stereocenters. The molecule has 0 saturated carbocycles. The van der Waals surface area contributed by atoms with Crippen LogP contribution >= 0.6 is 24.0 Å². The van der Waals surface area contributed by atoms with Crippen molar-refractivity contribution >= 4 is 35.8 Å². The summed E-state index contributed by atoms with van der Waals surface area (Å²) in [5, 5.41) is 9.11. The molecule has 0 spiro atoms. The first kappa shape index (κ1) is 20.8. The van der Waals surface area contributed by atoms with Crippen molar-refractivity contribution in [1.82, 2.24) is 16.0 Å². The summed E-state index contributed by atoms with van der Waals surface area (Å²) in [5.74, 6) is 1.29. The molecule has 126 valence electrons. The van der Waals surface area contributed by atoms with Crippen LogP contribution in [0.15, 0.2) is 27.8 Å². The van der Waals surface area contributed by atoms with Gasteiger partial charge in [-0.15, -0.1) is 24.0 Å². The van der Waals surface area contributed by atoms with Crippen molar-refractivity contribution in [2.24, 2.45) is 4.99 Å². The third kappa shape index (κ3) is 9.64. The van der Waals surface area contributed by atoms with Gasteiger partial charge in [-0.05, 0) is 25.5 Å². The lowest BCUT2D eigenvalue weighted by Gasteiger charge is -2.10. The summed E-state index contributed by atoms with van der Waals surface area (Å²) in [6.07, 6.45) is 5.06. The van der Waals surface area contributed by atoms with Gasteiger partial charge < -0.3 is 20.4 Å². The number of halogens is 1. The second-order valence-electron chi connectivity index (χ2n) is 4.69. The van der Waals surface area contributed by atoms with Gasteiger partial charge in [0.15, 0.2) is 5.96 Å². The van der Waals surface area contributed by atoms with Gasteiger partial charge in [0.2, 0.25) is 5.91 Å². The zero-order chi connectivity index (χ0) is 15.3. The average Bonchev–Trinajstić information content (AvgIpc) is 3.00. The number of aliphatic imine (C=N–C) groups is 1. The Morgan fingerprint density at radius 3 is 2.68 bits per heavy atom. The molecule has 0 aromatic carbocycles. The lowest BCUT2D eigenvalue weighted by atomic mass is 10.2. The first-order valence-corrected chi connectivity index (χ1v) is 7.57. The molecule has 1 heterocycles. The number of nitrogens with one attached hydrogen (secondary N) is 3. The fourth-order valence-electron chi connectivity index (χ4n) is 1.73. The number of rotatable bonds is 9. The number of guanidine groups is 1. The summed E-state index contributed by atoms with van der Waals surface area (Å²) < 4.78 is 5.15. The fraction of sp³-hybridized carbons (Fsp3) is 0.600. The molecule has 0 fully saturated rings. The van der Waals surface area contributed by atoms with Crippen LogP contribution in [-0.4, -0.2) is 31.5 Å². The lowest BCUT2D eigenvalue weighted by Crippen LogP contribution is -2.38. The molecule has 0 aliphatic carbocycles. The minimum Gasteiger partial charge on any atom is -0.467 e. The second-order valence-corrected chi connectivity index (χ2v) is 4.69. The molecule has 0 aliphatic heterocycles. The minimum atomic E-state index is -0.128. The van der Waals surface area contributed by atoms with Crippen molar-refractivity contribution in [1.29, 1.82) is 0 Å². The van der Waals surface area contributed by atoms with Crippen LogP contribution < -0.4 is 16.0 Å². The van der Waals surface area contributed by atoms with Gasteiger partial charge in [-0.2, -0.15) is 0 Å². The number of hydrogen-bond donors (Lipinski definition) is 3. The molecule has 0 bridgehead atoms. The summed E-state index contributed by atoms with van der Waals surface area (Å²) in [6.45, 7) is 6.30. The summed E-state index contributed by atoms with van der Waals surface area (Å²) in [5.41, 5.74) is 0. The predicted molar refractivity (Wildman–Crippen MR) is 99.5 cm³/mol. The van der Waals surface area contributed by atoms with Gasteiger partial charge in [-0.25, -0.2) is 4.99 Å². The van der Waals surface area contributed by atoms with E-state index in [-0.39, 0.29) is 36.4 Å². The van der Waals surface area contributed by atoms with Crippen molar-refractivity contribution < 1.29 is 9.21 Å². The number of carbonyl (C=O) groups is 1. The van der Waals surface area contributed by atoms with Gasteiger partial charge in [-0.3, -0.25) is 4.79 Å². The van der Waals surface area contributed by atoms with Gasteiger partial charge >= 0.3 is 0 Å². The standard InChI is InChI=1S/C15H26N4O2.HI/c1-3-5-6-9-17-15(16-4-2)19-12-14(20)18-11-13-8-7-10-21-13;/h7-8,10H,3-6,9,11-12H2,1-2H3,(H,18,20)(H2,16,17,19);1H. The molecule has 0 saturated heterocycles. The second kappa shape index (κ2) is 13.4. The highest BCUT2D eigenvalue weighted by atomic mass is 127. The van der Waals surface area contributed by atoms with Crippen LogP contribution in [0.2, 0.25) is 0 Å². The van der Waals surface area contributed by atoms with E-state index in [2.05, 4.69) is 27.9 Å². The van der Waals surface area contributed by atoms with Gasteiger partial charge in [0.1, 0.15) is 12.3 Å². The van der Waals surface area contributed by atoms with Crippen molar-refractivity contribution in [2.75, 3.05) is 19.6 Å². The van der Waals surface area contributed by atoms with Crippen LogP contribution in [-0.2, 0) is 11.3 Å².